The Morgan fingerprint density at radius 3 is 2.76 bits per heavy atom. The Labute approximate surface area is 171 Å². The Morgan fingerprint density at radius 2 is 2.00 bits per heavy atom. The van der Waals surface area contributed by atoms with Crippen LogP contribution in [-0.2, 0) is 11.2 Å². The fourth-order valence-electron chi connectivity index (χ4n) is 4.88. The number of halogens is 1. The Kier molecular flexibility index (Phi) is 5.15. The molecule has 0 bridgehead atoms. The molecular formula is C23H28FN3O2. The molecule has 2 aromatic rings. The van der Waals surface area contributed by atoms with Crippen LogP contribution in [0.25, 0.3) is 0 Å². The van der Waals surface area contributed by atoms with E-state index in [0.717, 1.165) is 18.7 Å². The lowest BCUT2D eigenvalue weighted by molar-refractivity contribution is -0.124. The van der Waals surface area contributed by atoms with Gasteiger partial charge in [-0.25, -0.2) is 9.37 Å². The first-order chi connectivity index (χ1) is 13.8. The molecule has 5 nitrogen and oxygen atoms in total. The minimum Gasteiger partial charge on any atom is -0.471 e. The minimum atomic E-state index is -0.412. The molecule has 2 fully saturated rings. The van der Waals surface area contributed by atoms with Crippen LogP contribution in [-0.4, -0.2) is 34.4 Å². The third-order valence-corrected chi connectivity index (χ3v) is 6.06. The maximum atomic E-state index is 14.5. The number of ether oxygens (including phenoxy) is 1. The van der Waals surface area contributed by atoms with Crippen molar-refractivity contribution in [3.8, 4) is 5.88 Å². The van der Waals surface area contributed by atoms with Crippen molar-refractivity contribution >= 4 is 5.78 Å². The van der Waals surface area contributed by atoms with Gasteiger partial charge in [-0.15, -0.1) is 0 Å². The van der Waals surface area contributed by atoms with Gasteiger partial charge in [0.25, 0.3) is 0 Å². The summed E-state index contributed by atoms with van der Waals surface area (Å²) in [4.78, 5) is 22.3. The number of nitrogens with zero attached hydrogens (tertiary/aromatic N) is 2. The summed E-state index contributed by atoms with van der Waals surface area (Å²) in [5.74, 6) is -0.161. The van der Waals surface area contributed by atoms with Crippen molar-refractivity contribution in [1.29, 1.82) is 0 Å². The van der Waals surface area contributed by atoms with E-state index in [4.69, 9.17) is 4.74 Å². The zero-order valence-electron chi connectivity index (χ0n) is 17.2. The number of hydrogen-bond donors (Lipinski definition) is 1. The highest BCUT2D eigenvalue weighted by molar-refractivity contribution is 5.91. The molecule has 1 saturated heterocycles. The summed E-state index contributed by atoms with van der Waals surface area (Å²) in [6.07, 6.45) is 5.24. The lowest BCUT2D eigenvalue weighted by Crippen LogP contribution is -2.47. The molecule has 3 atom stereocenters. The summed E-state index contributed by atoms with van der Waals surface area (Å²) in [6.45, 7) is 7.43. The van der Waals surface area contributed by atoms with Crippen LogP contribution >= 0.6 is 0 Å². The first-order valence-corrected chi connectivity index (χ1v) is 10.3. The van der Waals surface area contributed by atoms with Gasteiger partial charge in [0.1, 0.15) is 22.9 Å². The first-order valence-electron chi connectivity index (χ1n) is 10.3. The maximum Gasteiger partial charge on any atom is 0.236 e. The number of hydrogen-bond acceptors (Lipinski definition) is 5. The molecule has 6 heteroatoms. The molecule has 1 saturated carbocycles. The van der Waals surface area contributed by atoms with E-state index in [2.05, 4.69) is 15.3 Å². The standard InChI is InChI=1S/C23H28FN3O2/c1-22(2,3)29-21-19(26-10-11-27-21)13-23-12-16(15-6-4-5-7-18(15)24)20(28)17(23)8-9-25-14-23/h4-7,10-11,16-17,25H,8-9,12-14H2,1-3H3. The van der Waals surface area contributed by atoms with Crippen LogP contribution in [0.15, 0.2) is 36.7 Å². The molecule has 0 amide bonds. The van der Waals surface area contributed by atoms with Crippen molar-refractivity contribution in [3.63, 3.8) is 0 Å². The summed E-state index contributed by atoms with van der Waals surface area (Å²) in [6, 6.07) is 6.65. The van der Waals surface area contributed by atoms with Crippen LogP contribution in [0.1, 0.15) is 50.8 Å². The lowest BCUT2D eigenvalue weighted by atomic mass is 9.70. The summed E-state index contributed by atoms with van der Waals surface area (Å²) in [5.41, 5.74) is 0.567. The first kappa shape index (κ1) is 20.0. The van der Waals surface area contributed by atoms with Crippen molar-refractivity contribution in [2.24, 2.45) is 11.3 Å². The highest BCUT2D eigenvalue weighted by atomic mass is 19.1. The fourth-order valence-corrected chi connectivity index (χ4v) is 4.88. The lowest BCUT2D eigenvalue weighted by Gasteiger charge is -2.39. The topological polar surface area (TPSA) is 64.1 Å². The Balaban J connectivity index is 1.69. The highest BCUT2D eigenvalue weighted by Gasteiger charge is 2.55. The van der Waals surface area contributed by atoms with Gasteiger partial charge in [0.15, 0.2) is 0 Å². The van der Waals surface area contributed by atoms with Crippen molar-refractivity contribution in [3.05, 3.63) is 53.7 Å². The molecule has 4 rings (SSSR count). The predicted octanol–water partition coefficient (Wildman–Crippen LogP) is 3.69. The van der Waals surface area contributed by atoms with Gasteiger partial charge in [0.2, 0.25) is 5.88 Å². The molecular weight excluding hydrogens is 369 g/mol. The van der Waals surface area contributed by atoms with Gasteiger partial charge in [0.05, 0.1) is 0 Å². The summed E-state index contributed by atoms with van der Waals surface area (Å²) < 4.78 is 20.5. The Morgan fingerprint density at radius 1 is 1.24 bits per heavy atom. The van der Waals surface area contributed by atoms with Gasteiger partial charge in [-0.3, -0.25) is 9.78 Å². The quantitative estimate of drug-likeness (QED) is 0.853. The Bertz CT molecular complexity index is 911. The van der Waals surface area contributed by atoms with E-state index in [1.165, 1.54) is 6.07 Å². The van der Waals surface area contributed by atoms with Crippen molar-refractivity contribution in [2.75, 3.05) is 13.1 Å². The maximum absolute atomic E-state index is 14.5. The second-order valence-electron chi connectivity index (χ2n) is 9.26. The van der Waals surface area contributed by atoms with E-state index in [0.29, 0.717) is 30.8 Å². The van der Waals surface area contributed by atoms with Crippen LogP contribution in [0.4, 0.5) is 4.39 Å². The predicted molar refractivity (Wildman–Crippen MR) is 108 cm³/mol. The number of ketones is 1. The molecule has 3 unspecified atom stereocenters. The Hall–Kier alpha value is -2.34. The average Bonchev–Trinajstić information content (AvgIpc) is 2.95. The molecule has 1 aliphatic carbocycles. The molecule has 1 aromatic carbocycles. The molecule has 1 N–H and O–H groups in total. The van der Waals surface area contributed by atoms with E-state index >= 15 is 0 Å². The SMILES string of the molecule is CC(C)(C)Oc1nccnc1CC12CNCCC1C(=O)C(c1ccccc1F)C2. The normalized spacial score (nSPS) is 27.0. The van der Waals surface area contributed by atoms with E-state index in [1.54, 1.807) is 30.6 Å². The van der Waals surface area contributed by atoms with Gasteiger partial charge < -0.3 is 10.1 Å². The molecule has 2 aliphatic rings. The average molecular weight is 397 g/mol. The molecule has 29 heavy (non-hydrogen) atoms. The van der Waals surface area contributed by atoms with E-state index in [-0.39, 0.29) is 22.9 Å². The van der Waals surface area contributed by atoms with Gasteiger partial charge >= 0.3 is 0 Å². The third kappa shape index (κ3) is 3.90. The van der Waals surface area contributed by atoms with Crippen molar-refractivity contribution in [2.45, 2.75) is 51.6 Å². The zero-order chi connectivity index (χ0) is 20.6. The van der Waals surface area contributed by atoms with Crippen molar-refractivity contribution in [1.82, 2.24) is 15.3 Å². The van der Waals surface area contributed by atoms with Crippen LogP contribution in [0.2, 0.25) is 0 Å². The molecule has 1 aromatic heterocycles. The van der Waals surface area contributed by atoms with E-state index in [9.17, 15) is 9.18 Å². The smallest absolute Gasteiger partial charge is 0.236 e. The zero-order valence-corrected chi connectivity index (χ0v) is 17.2. The number of aromatic nitrogens is 2. The van der Waals surface area contributed by atoms with Crippen LogP contribution in [0.5, 0.6) is 5.88 Å². The number of rotatable bonds is 4. The number of benzene rings is 1. The number of fused-ring (bicyclic) bond motifs is 1. The fraction of sp³-hybridized carbons (Fsp3) is 0.522. The minimum absolute atomic E-state index is 0.113. The summed E-state index contributed by atoms with van der Waals surface area (Å²) >= 11 is 0. The van der Waals surface area contributed by atoms with Crippen LogP contribution in [0, 0.1) is 17.2 Å². The molecule has 2 heterocycles. The van der Waals surface area contributed by atoms with Crippen molar-refractivity contribution < 1.29 is 13.9 Å². The summed E-state index contributed by atoms with van der Waals surface area (Å²) in [7, 11) is 0. The largest absolute Gasteiger partial charge is 0.471 e. The number of Topliss-reactive ketones (excluding diaryl/α,β-unsaturated/α-hetero) is 1. The number of carbonyl (C=O) groups excluding carboxylic acids is 1. The van der Waals surface area contributed by atoms with Gasteiger partial charge in [-0.2, -0.15) is 0 Å². The highest BCUT2D eigenvalue weighted by Crippen LogP contribution is 2.53. The molecule has 0 radical (unpaired) electrons. The van der Waals surface area contributed by atoms with Crippen LogP contribution < -0.4 is 10.1 Å². The summed E-state index contributed by atoms with van der Waals surface area (Å²) in [5, 5.41) is 3.46. The van der Waals surface area contributed by atoms with Crippen LogP contribution in [0.3, 0.4) is 0 Å². The van der Waals surface area contributed by atoms with Gasteiger partial charge in [-0.05, 0) is 57.2 Å². The number of piperidine rings is 1. The number of carbonyl (C=O) groups is 1. The van der Waals surface area contributed by atoms with Gasteiger partial charge in [0, 0.05) is 37.2 Å². The number of nitrogens with one attached hydrogen (secondary N) is 1. The van der Waals surface area contributed by atoms with E-state index in [1.807, 2.05) is 20.8 Å². The third-order valence-electron chi connectivity index (χ3n) is 6.06. The molecule has 1 aliphatic heterocycles. The second-order valence-corrected chi connectivity index (χ2v) is 9.26. The van der Waals surface area contributed by atoms with Gasteiger partial charge in [-0.1, -0.05) is 18.2 Å². The monoisotopic (exact) mass is 397 g/mol. The second kappa shape index (κ2) is 7.48. The molecule has 0 spiro atoms. The van der Waals surface area contributed by atoms with E-state index < -0.39 is 11.5 Å². The molecule has 154 valence electrons.